The Morgan fingerprint density at radius 1 is 1.19 bits per heavy atom. The summed E-state index contributed by atoms with van der Waals surface area (Å²) in [5.41, 5.74) is 0.591. The van der Waals surface area contributed by atoms with Crippen LogP contribution in [0.1, 0.15) is 12.8 Å². The van der Waals surface area contributed by atoms with Crippen LogP contribution in [0.4, 0.5) is 5.69 Å². The third-order valence-corrected chi connectivity index (χ3v) is 6.74. The predicted octanol–water partition coefficient (Wildman–Crippen LogP) is 0.923. The average molecular weight is 383 g/mol. The number of rotatable bonds is 5. The van der Waals surface area contributed by atoms with Crippen LogP contribution in [0.15, 0.2) is 24.3 Å². The third-order valence-electron chi connectivity index (χ3n) is 4.74. The van der Waals surface area contributed by atoms with Crippen LogP contribution < -0.4 is 10.1 Å². The number of carbonyl (C=O) groups excluding carboxylic acids is 1. The zero-order valence-corrected chi connectivity index (χ0v) is 15.7. The summed E-state index contributed by atoms with van der Waals surface area (Å²) in [6, 6.07) is 7.17. The Morgan fingerprint density at radius 3 is 2.65 bits per heavy atom. The van der Waals surface area contributed by atoms with Crippen molar-refractivity contribution in [2.75, 3.05) is 51.8 Å². The Balaban J connectivity index is 1.67. The van der Waals surface area contributed by atoms with Gasteiger partial charge in [0.15, 0.2) is 0 Å². The molecule has 0 spiro atoms. The quantitative estimate of drug-likeness (QED) is 0.817. The highest BCUT2D eigenvalue weighted by atomic mass is 32.2. The topological polar surface area (TPSA) is 88.2 Å². The van der Waals surface area contributed by atoms with Gasteiger partial charge in [0.1, 0.15) is 5.75 Å². The van der Waals surface area contributed by atoms with Gasteiger partial charge in [0.05, 0.1) is 31.9 Å². The number of carbonyl (C=O) groups is 1. The van der Waals surface area contributed by atoms with E-state index >= 15 is 0 Å². The van der Waals surface area contributed by atoms with Crippen molar-refractivity contribution >= 4 is 21.8 Å². The number of anilines is 1. The van der Waals surface area contributed by atoms with Crippen LogP contribution in [-0.2, 0) is 19.7 Å². The largest absolute Gasteiger partial charge is 0.495 e. The summed E-state index contributed by atoms with van der Waals surface area (Å²) in [6.07, 6.45) is 1.32. The van der Waals surface area contributed by atoms with Crippen LogP contribution in [0.25, 0.3) is 0 Å². The molecular weight excluding hydrogens is 358 g/mol. The monoisotopic (exact) mass is 383 g/mol. The first kappa shape index (κ1) is 19.1. The van der Waals surface area contributed by atoms with Crippen molar-refractivity contribution in [3.05, 3.63) is 24.3 Å². The van der Waals surface area contributed by atoms with E-state index in [1.165, 1.54) is 8.61 Å². The Hall–Kier alpha value is -1.68. The van der Waals surface area contributed by atoms with Gasteiger partial charge < -0.3 is 14.8 Å². The van der Waals surface area contributed by atoms with Crippen LogP contribution in [0.5, 0.6) is 5.75 Å². The number of methoxy groups -OCH3 is 1. The number of para-hydroxylation sites is 2. The zero-order chi connectivity index (χ0) is 18.6. The maximum absolute atomic E-state index is 12.8. The molecule has 2 aliphatic heterocycles. The molecule has 1 N–H and O–H groups in total. The molecule has 2 saturated heterocycles. The molecule has 1 atom stereocenters. The molecule has 0 aliphatic carbocycles. The molecule has 2 aliphatic rings. The predicted molar refractivity (Wildman–Crippen MR) is 97.2 cm³/mol. The lowest BCUT2D eigenvalue weighted by Crippen LogP contribution is -2.52. The number of hydrogen-bond acceptors (Lipinski definition) is 5. The van der Waals surface area contributed by atoms with Gasteiger partial charge in [0, 0.05) is 26.2 Å². The molecule has 3 rings (SSSR count). The van der Waals surface area contributed by atoms with Crippen molar-refractivity contribution in [2.45, 2.75) is 12.8 Å². The van der Waals surface area contributed by atoms with Gasteiger partial charge in [-0.05, 0) is 25.0 Å². The van der Waals surface area contributed by atoms with Gasteiger partial charge >= 0.3 is 0 Å². The molecule has 8 nitrogen and oxygen atoms in total. The van der Waals surface area contributed by atoms with Crippen molar-refractivity contribution in [1.29, 1.82) is 0 Å². The van der Waals surface area contributed by atoms with E-state index in [9.17, 15) is 13.2 Å². The zero-order valence-electron chi connectivity index (χ0n) is 14.9. The fourth-order valence-electron chi connectivity index (χ4n) is 3.29. The summed E-state index contributed by atoms with van der Waals surface area (Å²) in [6.45, 7) is 2.17. The van der Waals surface area contributed by atoms with E-state index in [-0.39, 0.29) is 18.4 Å². The lowest BCUT2D eigenvalue weighted by molar-refractivity contribution is -0.120. The van der Waals surface area contributed by atoms with Crippen LogP contribution in [0.3, 0.4) is 0 Å². The highest BCUT2D eigenvalue weighted by Crippen LogP contribution is 2.26. The first-order valence-corrected chi connectivity index (χ1v) is 10.2. The molecule has 0 saturated carbocycles. The van der Waals surface area contributed by atoms with Crippen LogP contribution >= 0.6 is 0 Å². The molecule has 1 amide bonds. The minimum atomic E-state index is -3.56. The van der Waals surface area contributed by atoms with Crippen LogP contribution in [-0.4, -0.2) is 69.4 Å². The summed E-state index contributed by atoms with van der Waals surface area (Å²) in [7, 11) is -2.01. The molecule has 1 aromatic rings. The van der Waals surface area contributed by atoms with Crippen LogP contribution in [0.2, 0.25) is 0 Å². The number of morpholine rings is 1. The minimum absolute atomic E-state index is 0.184. The van der Waals surface area contributed by atoms with E-state index in [1.54, 1.807) is 19.2 Å². The van der Waals surface area contributed by atoms with Gasteiger partial charge in [0.25, 0.3) is 10.2 Å². The molecular formula is C17H25N3O5S. The Kier molecular flexibility index (Phi) is 6.13. The van der Waals surface area contributed by atoms with Crippen LogP contribution in [0, 0.1) is 5.92 Å². The van der Waals surface area contributed by atoms with E-state index in [1.807, 2.05) is 12.1 Å². The highest BCUT2D eigenvalue weighted by Gasteiger charge is 2.36. The SMILES string of the molecule is COc1ccccc1NC(=O)C1CCCN(S(=O)(=O)N2CCOCC2)C1. The number of hydrogen-bond donors (Lipinski definition) is 1. The molecule has 144 valence electrons. The lowest BCUT2D eigenvalue weighted by Gasteiger charge is -2.36. The second-order valence-corrected chi connectivity index (χ2v) is 8.33. The van der Waals surface area contributed by atoms with E-state index in [4.69, 9.17) is 9.47 Å². The van der Waals surface area contributed by atoms with Gasteiger partial charge in [-0.25, -0.2) is 0 Å². The normalized spacial score (nSPS) is 22.7. The smallest absolute Gasteiger partial charge is 0.282 e. The number of amides is 1. The standard InChI is InChI=1S/C17H25N3O5S/c1-24-16-7-3-2-6-15(16)18-17(21)14-5-4-8-20(13-14)26(22,23)19-9-11-25-12-10-19/h2-3,6-7,14H,4-5,8-13H2,1H3,(H,18,21). The molecule has 2 heterocycles. The summed E-state index contributed by atoms with van der Waals surface area (Å²) < 4.78 is 39.0. The summed E-state index contributed by atoms with van der Waals surface area (Å²) in [5.74, 6) is 0.00955. The van der Waals surface area contributed by atoms with Gasteiger partial charge in [-0.3, -0.25) is 4.79 Å². The third kappa shape index (κ3) is 4.17. The summed E-state index contributed by atoms with van der Waals surface area (Å²) >= 11 is 0. The van der Waals surface area contributed by atoms with Gasteiger partial charge in [-0.2, -0.15) is 17.0 Å². The number of nitrogens with one attached hydrogen (secondary N) is 1. The number of piperidine rings is 1. The highest BCUT2D eigenvalue weighted by molar-refractivity contribution is 7.86. The second kappa shape index (κ2) is 8.34. The number of nitrogens with zero attached hydrogens (tertiary/aromatic N) is 2. The van der Waals surface area contributed by atoms with Crippen molar-refractivity contribution in [3.8, 4) is 5.75 Å². The maximum atomic E-state index is 12.8. The summed E-state index contributed by atoms with van der Waals surface area (Å²) in [4.78, 5) is 12.7. The van der Waals surface area contributed by atoms with Crippen molar-refractivity contribution < 1.29 is 22.7 Å². The number of ether oxygens (including phenoxy) is 2. The van der Waals surface area contributed by atoms with E-state index < -0.39 is 10.2 Å². The molecule has 9 heteroatoms. The Morgan fingerprint density at radius 2 is 1.92 bits per heavy atom. The Labute approximate surface area is 154 Å². The lowest BCUT2D eigenvalue weighted by atomic mass is 9.98. The fraction of sp³-hybridized carbons (Fsp3) is 0.588. The Bertz CT molecular complexity index is 734. The molecule has 0 bridgehead atoms. The fourth-order valence-corrected chi connectivity index (χ4v) is 4.95. The maximum Gasteiger partial charge on any atom is 0.282 e. The van der Waals surface area contributed by atoms with E-state index in [0.29, 0.717) is 57.1 Å². The molecule has 1 unspecified atom stereocenters. The van der Waals surface area contributed by atoms with Crippen molar-refractivity contribution in [3.63, 3.8) is 0 Å². The van der Waals surface area contributed by atoms with Gasteiger partial charge in [0.2, 0.25) is 5.91 Å². The van der Waals surface area contributed by atoms with Crippen molar-refractivity contribution in [2.24, 2.45) is 5.92 Å². The van der Waals surface area contributed by atoms with Gasteiger partial charge in [-0.15, -0.1) is 0 Å². The molecule has 1 aromatic carbocycles. The molecule has 26 heavy (non-hydrogen) atoms. The molecule has 0 aromatic heterocycles. The molecule has 2 fully saturated rings. The summed E-state index contributed by atoms with van der Waals surface area (Å²) in [5, 5.41) is 2.86. The average Bonchev–Trinajstić information content (AvgIpc) is 2.69. The minimum Gasteiger partial charge on any atom is -0.495 e. The number of benzene rings is 1. The first-order valence-electron chi connectivity index (χ1n) is 8.79. The second-order valence-electron chi connectivity index (χ2n) is 6.41. The first-order chi connectivity index (χ1) is 12.5. The van der Waals surface area contributed by atoms with E-state index in [0.717, 1.165) is 0 Å². The van der Waals surface area contributed by atoms with Gasteiger partial charge in [-0.1, -0.05) is 12.1 Å². The molecule has 0 radical (unpaired) electrons. The van der Waals surface area contributed by atoms with E-state index in [2.05, 4.69) is 5.32 Å². The van der Waals surface area contributed by atoms with Crippen molar-refractivity contribution in [1.82, 2.24) is 8.61 Å².